The van der Waals surface area contributed by atoms with Crippen molar-refractivity contribution in [3.63, 3.8) is 0 Å². The van der Waals surface area contributed by atoms with Crippen molar-refractivity contribution in [2.75, 3.05) is 39.9 Å². The van der Waals surface area contributed by atoms with E-state index in [4.69, 9.17) is 4.74 Å². The Morgan fingerprint density at radius 3 is 2.74 bits per heavy atom. The van der Waals surface area contributed by atoms with Crippen LogP contribution in [0.3, 0.4) is 0 Å². The fourth-order valence-corrected chi connectivity index (χ4v) is 4.58. The first-order valence-corrected chi connectivity index (χ1v) is 10.2. The highest BCUT2D eigenvalue weighted by Gasteiger charge is 2.43. The van der Waals surface area contributed by atoms with Crippen LogP contribution in [0.4, 0.5) is 0 Å². The molecule has 0 radical (unpaired) electrons. The molecule has 0 aromatic carbocycles. The Morgan fingerprint density at radius 1 is 1.37 bits per heavy atom. The maximum atomic E-state index is 13.3. The number of aromatic nitrogens is 2. The topological polar surface area (TPSA) is 71.4 Å². The average Bonchev–Trinajstić information content (AvgIpc) is 3.20. The van der Waals surface area contributed by atoms with Crippen LogP contribution in [0.1, 0.15) is 43.1 Å². The lowest BCUT2D eigenvalue weighted by Gasteiger charge is -2.33. The molecule has 3 rings (SSSR count). The van der Waals surface area contributed by atoms with Crippen molar-refractivity contribution in [2.45, 2.75) is 59.2 Å². The highest BCUT2D eigenvalue weighted by Crippen LogP contribution is 2.38. The number of nitrogens with one attached hydrogen (secondary N) is 2. The van der Waals surface area contributed by atoms with Crippen LogP contribution < -0.4 is 10.6 Å². The van der Waals surface area contributed by atoms with Gasteiger partial charge in [-0.05, 0) is 58.5 Å². The van der Waals surface area contributed by atoms with Gasteiger partial charge in [-0.2, -0.15) is 5.10 Å². The Labute approximate surface area is 162 Å². The fraction of sp³-hybridized carbons (Fsp3) is 0.800. The van der Waals surface area contributed by atoms with Crippen molar-refractivity contribution >= 4 is 5.91 Å². The molecule has 1 spiro atoms. The van der Waals surface area contributed by atoms with E-state index in [9.17, 15) is 4.79 Å². The number of amides is 1. The number of nitrogens with zero attached hydrogens (tertiary/aromatic N) is 3. The highest BCUT2D eigenvalue weighted by molar-refractivity contribution is 5.82. The number of aryl methyl sites for hydroxylation is 2. The quantitative estimate of drug-likeness (QED) is 0.748. The molecule has 3 heterocycles. The first-order chi connectivity index (χ1) is 13.0. The van der Waals surface area contributed by atoms with Gasteiger partial charge in [0.2, 0.25) is 5.91 Å². The number of methoxy groups -OCH3 is 1. The van der Waals surface area contributed by atoms with Crippen LogP contribution in [-0.2, 0) is 22.6 Å². The highest BCUT2D eigenvalue weighted by atomic mass is 16.5. The van der Waals surface area contributed by atoms with Crippen LogP contribution in [0.25, 0.3) is 0 Å². The van der Waals surface area contributed by atoms with Gasteiger partial charge in [-0.3, -0.25) is 9.48 Å². The second-order valence-corrected chi connectivity index (χ2v) is 8.11. The van der Waals surface area contributed by atoms with Crippen molar-refractivity contribution in [2.24, 2.45) is 5.41 Å². The second kappa shape index (κ2) is 8.71. The van der Waals surface area contributed by atoms with Gasteiger partial charge < -0.3 is 20.3 Å². The number of ether oxygens (including phenoxy) is 1. The predicted octanol–water partition coefficient (Wildman–Crippen LogP) is 1.23. The van der Waals surface area contributed by atoms with E-state index in [1.54, 1.807) is 7.11 Å². The molecule has 2 N–H and O–H groups in total. The van der Waals surface area contributed by atoms with Crippen LogP contribution in [0.15, 0.2) is 0 Å². The first-order valence-electron chi connectivity index (χ1n) is 10.2. The number of piperidine rings is 1. The van der Waals surface area contributed by atoms with Gasteiger partial charge in [-0.25, -0.2) is 0 Å². The number of carbonyl (C=O) groups is 1. The lowest BCUT2D eigenvalue weighted by atomic mass is 9.77. The summed E-state index contributed by atoms with van der Waals surface area (Å²) in [6.07, 6.45) is 3.26. The van der Waals surface area contributed by atoms with Crippen LogP contribution >= 0.6 is 0 Å². The van der Waals surface area contributed by atoms with E-state index in [1.165, 1.54) is 0 Å². The summed E-state index contributed by atoms with van der Waals surface area (Å²) in [5.41, 5.74) is 3.62. The molecular weight excluding hydrogens is 342 g/mol. The fourth-order valence-electron chi connectivity index (χ4n) is 4.58. The third-order valence-electron chi connectivity index (χ3n) is 6.38. The zero-order valence-electron chi connectivity index (χ0n) is 17.3. The van der Waals surface area contributed by atoms with Crippen molar-refractivity contribution in [1.29, 1.82) is 0 Å². The van der Waals surface area contributed by atoms with Gasteiger partial charge in [-0.15, -0.1) is 0 Å². The first kappa shape index (κ1) is 20.3. The predicted molar refractivity (Wildman–Crippen MR) is 106 cm³/mol. The zero-order valence-corrected chi connectivity index (χ0v) is 17.3. The molecule has 1 aromatic rings. The lowest BCUT2D eigenvalue weighted by Crippen LogP contribution is -2.44. The molecule has 0 saturated carbocycles. The molecule has 2 aliphatic rings. The van der Waals surface area contributed by atoms with E-state index in [2.05, 4.69) is 29.6 Å². The van der Waals surface area contributed by atoms with E-state index in [0.717, 1.165) is 62.4 Å². The minimum atomic E-state index is -0.0817. The van der Waals surface area contributed by atoms with Gasteiger partial charge in [0.15, 0.2) is 0 Å². The maximum Gasteiger partial charge on any atom is 0.240 e. The molecule has 2 saturated heterocycles. The molecule has 1 aromatic heterocycles. The third kappa shape index (κ3) is 4.36. The molecule has 27 heavy (non-hydrogen) atoms. The molecule has 152 valence electrons. The Hall–Kier alpha value is -1.44. The van der Waals surface area contributed by atoms with Gasteiger partial charge in [0.05, 0.1) is 18.3 Å². The van der Waals surface area contributed by atoms with Gasteiger partial charge in [0.25, 0.3) is 0 Å². The molecule has 7 heteroatoms. The lowest BCUT2D eigenvalue weighted by molar-refractivity contribution is -0.134. The van der Waals surface area contributed by atoms with E-state index in [-0.39, 0.29) is 17.4 Å². The Balaban J connectivity index is 1.72. The van der Waals surface area contributed by atoms with Crippen molar-refractivity contribution in [1.82, 2.24) is 25.3 Å². The molecule has 1 amide bonds. The van der Waals surface area contributed by atoms with Crippen molar-refractivity contribution in [3.8, 4) is 0 Å². The molecule has 2 aliphatic heterocycles. The van der Waals surface area contributed by atoms with Gasteiger partial charge >= 0.3 is 0 Å². The van der Waals surface area contributed by atoms with Crippen LogP contribution in [0, 0.1) is 19.3 Å². The summed E-state index contributed by atoms with van der Waals surface area (Å²) in [7, 11) is 1.69. The normalized spacial score (nSPS) is 21.7. The zero-order chi connectivity index (χ0) is 19.4. The van der Waals surface area contributed by atoms with E-state index in [1.807, 2.05) is 16.5 Å². The summed E-state index contributed by atoms with van der Waals surface area (Å²) in [4.78, 5) is 15.3. The van der Waals surface area contributed by atoms with Gasteiger partial charge in [0.1, 0.15) is 0 Å². The summed E-state index contributed by atoms with van der Waals surface area (Å²) < 4.78 is 7.29. The van der Waals surface area contributed by atoms with E-state index < -0.39 is 0 Å². The van der Waals surface area contributed by atoms with Crippen molar-refractivity contribution in [3.05, 3.63) is 17.0 Å². The summed E-state index contributed by atoms with van der Waals surface area (Å²) in [5.74, 6) is 0.200. The Bertz CT molecular complexity index is 651. The Morgan fingerprint density at radius 2 is 2.11 bits per heavy atom. The average molecular weight is 378 g/mol. The largest absolute Gasteiger partial charge is 0.383 e. The minimum absolute atomic E-state index is 0.0817. The molecule has 2 fully saturated rings. The summed E-state index contributed by atoms with van der Waals surface area (Å²) in [5, 5.41) is 11.6. The van der Waals surface area contributed by atoms with Crippen LogP contribution in [0.2, 0.25) is 0 Å². The molecule has 0 bridgehead atoms. The molecule has 1 unspecified atom stereocenters. The molecule has 0 aliphatic carbocycles. The number of rotatable bonds is 7. The maximum absolute atomic E-state index is 13.3. The third-order valence-corrected chi connectivity index (χ3v) is 6.38. The summed E-state index contributed by atoms with van der Waals surface area (Å²) in [6, 6.07) is -0.0817. The van der Waals surface area contributed by atoms with Crippen molar-refractivity contribution < 1.29 is 9.53 Å². The second-order valence-electron chi connectivity index (χ2n) is 8.11. The molecular formula is C20H35N5O2. The monoisotopic (exact) mass is 377 g/mol. The number of carbonyl (C=O) groups excluding carboxylic acids is 1. The molecule has 1 atom stereocenters. The van der Waals surface area contributed by atoms with Crippen LogP contribution in [-0.4, -0.2) is 66.5 Å². The van der Waals surface area contributed by atoms with Crippen LogP contribution in [0.5, 0.6) is 0 Å². The number of hydrogen-bond acceptors (Lipinski definition) is 5. The minimum Gasteiger partial charge on any atom is -0.383 e. The number of hydrogen-bond donors (Lipinski definition) is 2. The summed E-state index contributed by atoms with van der Waals surface area (Å²) >= 11 is 0. The van der Waals surface area contributed by atoms with E-state index in [0.29, 0.717) is 19.7 Å². The van der Waals surface area contributed by atoms with E-state index >= 15 is 0 Å². The SMILES string of the molecule is CCn1nc(C)c(CN(CCOC)C(=O)C2CC3(CCNCC3)CN2)c1C. The van der Waals surface area contributed by atoms with Gasteiger partial charge in [0, 0.05) is 44.5 Å². The van der Waals surface area contributed by atoms with Gasteiger partial charge in [-0.1, -0.05) is 0 Å². The molecule has 7 nitrogen and oxygen atoms in total. The summed E-state index contributed by atoms with van der Waals surface area (Å²) in [6.45, 7) is 11.9. The Kier molecular flexibility index (Phi) is 6.55. The standard InChI is InChI=1S/C20H35N5O2/c1-5-25-16(3)17(15(2)23-25)13-24(10-11-27-4)19(26)18-12-20(14-22-18)6-8-21-9-7-20/h18,21-22H,5-14H2,1-4H3. The smallest absolute Gasteiger partial charge is 0.240 e.